The fourth-order valence-corrected chi connectivity index (χ4v) is 2.46. The van der Waals surface area contributed by atoms with Gasteiger partial charge in [0, 0.05) is 12.1 Å². The van der Waals surface area contributed by atoms with Gasteiger partial charge in [-0.1, -0.05) is 6.07 Å². The van der Waals surface area contributed by atoms with Crippen molar-refractivity contribution in [1.82, 2.24) is 4.98 Å². The topological polar surface area (TPSA) is 37.6 Å². The first-order valence-electron chi connectivity index (χ1n) is 8.32. The summed E-state index contributed by atoms with van der Waals surface area (Å²) in [6, 6.07) is 11.3. The molecule has 3 nitrogen and oxygen atoms in total. The van der Waals surface area contributed by atoms with Crippen LogP contribution < -0.4 is 0 Å². The molecule has 0 unspecified atom stereocenters. The maximum Gasteiger partial charge on any atom is 0.151 e. The van der Waals surface area contributed by atoms with Crippen LogP contribution in [0.15, 0.2) is 64.6 Å². The highest BCUT2D eigenvalue weighted by atomic mass is 19.1. The number of rotatable bonds is 4. The normalized spacial score (nSPS) is 12.4. The third kappa shape index (κ3) is 4.49. The number of hydrogen-bond donors (Lipinski definition) is 0. The zero-order valence-electron chi connectivity index (χ0n) is 15.0. The molecule has 7 heteroatoms. The van der Waals surface area contributed by atoms with Crippen molar-refractivity contribution in [2.45, 2.75) is 13.8 Å². The lowest BCUT2D eigenvalue weighted by molar-refractivity contribution is 0.584. The van der Waals surface area contributed by atoms with Crippen LogP contribution in [0.3, 0.4) is 0 Å². The molecule has 0 saturated carbocycles. The van der Waals surface area contributed by atoms with Gasteiger partial charge in [-0.05, 0) is 50.2 Å². The molecule has 0 saturated heterocycles. The molecular weight excluding hydrogens is 370 g/mol. The average Bonchev–Trinajstić information content (AvgIpc) is 2.66. The fraction of sp³-hybridized carbons (Fsp3) is 0.0952. The van der Waals surface area contributed by atoms with E-state index in [-0.39, 0.29) is 11.4 Å². The van der Waals surface area contributed by atoms with Gasteiger partial charge in [-0.3, -0.25) is 0 Å². The van der Waals surface area contributed by atoms with Gasteiger partial charge in [-0.2, -0.15) is 0 Å². The van der Waals surface area contributed by atoms with Gasteiger partial charge in [0.05, 0.1) is 34.2 Å². The van der Waals surface area contributed by atoms with Crippen LogP contribution in [0.1, 0.15) is 25.2 Å². The van der Waals surface area contributed by atoms with Crippen LogP contribution in [0.25, 0.3) is 0 Å². The van der Waals surface area contributed by atoms with E-state index in [2.05, 4.69) is 15.0 Å². The Morgan fingerprint density at radius 1 is 0.679 bits per heavy atom. The first-order valence-corrected chi connectivity index (χ1v) is 8.32. The van der Waals surface area contributed by atoms with Crippen LogP contribution in [0, 0.1) is 23.3 Å². The van der Waals surface area contributed by atoms with Gasteiger partial charge in [0.1, 0.15) is 11.6 Å². The SMILES string of the molecule is C/C(=N\c1ccc(F)cc1F)c1cccc(/C(C)=N/c2ccc(F)cc2F)n1. The zero-order valence-corrected chi connectivity index (χ0v) is 15.0. The number of halogens is 4. The van der Waals surface area contributed by atoms with Crippen LogP contribution in [0.5, 0.6) is 0 Å². The molecule has 0 aliphatic carbocycles. The molecule has 0 N–H and O–H groups in total. The monoisotopic (exact) mass is 385 g/mol. The summed E-state index contributed by atoms with van der Waals surface area (Å²) in [5, 5.41) is 0. The number of hydrogen-bond acceptors (Lipinski definition) is 3. The van der Waals surface area contributed by atoms with Gasteiger partial charge in [-0.15, -0.1) is 0 Å². The van der Waals surface area contributed by atoms with Crippen LogP contribution in [0.2, 0.25) is 0 Å². The number of benzene rings is 2. The number of nitrogens with zero attached hydrogens (tertiary/aromatic N) is 3. The zero-order chi connectivity index (χ0) is 20.3. The second kappa shape index (κ2) is 8.12. The molecule has 3 aromatic rings. The van der Waals surface area contributed by atoms with Crippen LogP contribution in [-0.4, -0.2) is 16.4 Å². The number of pyridine rings is 1. The van der Waals surface area contributed by atoms with E-state index in [1.54, 1.807) is 32.0 Å². The highest BCUT2D eigenvalue weighted by Gasteiger charge is 2.08. The molecule has 1 heterocycles. The Morgan fingerprint density at radius 3 is 1.50 bits per heavy atom. The van der Waals surface area contributed by atoms with E-state index in [4.69, 9.17) is 0 Å². The lowest BCUT2D eigenvalue weighted by Gasteiger charge is -2.06. The van der Waals surface area contributed by atoms with E-state index in [1.807, 2.05) is 0 Å². The van der Waals surface area contributed by atoms with Gasteiger partial charge in [0.15, 0.2) is 11.6 Å². The largest absolute Gasteiger partial charge is 0.248 e. The van der Waals surface area contributed by atoms with Crippen molar-refractivity contribution < 1.29 is 17.6 Å². The third-order valence-corrected chi connectivity index (χ3v) is 3.89. The van der Waals surface area contributed by atoms with Crippen LogP contribution >= 0.6 is 0 Å². The quantitative estimate of drug-likeness (QED) is 0.406. The summed E-state index contributed by atoms with van der Waals surface area (Å²) in [6.07, 6.45) is 0. The standard InChI is InChI=1S/C21H15F4N3/c1-12(26-20-8-6-14(22)10-16(20)24)18-4-3-5-19(28-18)13(2)27-21-9-7-15(23)11-17(21)25/h3-11H,1-2H3/b26-12+,27-13+. The molecule has 0 bridgehead atoms. The van der Waals surface area contributed by atoms with Crippen LogP contribution in [-0.2, 0) is 0 Å². The molecule has 28 heavy (non-hydrogen) atoms. The first-order chi connectivity index (χ1) is 13.3. The van der Waals surface area contributed by atoms with Gasteiger partial charge >= 0.3 is 0 Å². The second-order valence-electron chi connectivity index (χ2n) is 5.99. The van der Waals surface area contributed by atoms with Gasteiger partial charge in [0.2, 0.25) is 0 Å². The van der Waals surface area contributed by atoms with Crippen molar-refractivity contribution in [1.29, 1.82) is 0 Å². The number of aromatic nitrogens is 1. The molecule has 3 rings (SSSR count). The molecule has 2 aromatic carbocycles. The predicted molar refractivity (Wildman–Crippen MR) is 101 cm³/mol. The maximum atomic E-state index is 13.8. The summed E-state index contributed by atoms with van der Waals surface area (Å²) in [6.45, 7) is 3.28. The van der Waals surface area contributed by atoms with E-state index in [1.165, 1.54) is 12.1 Å². The Kier molecular flexibility index (Phi) is 5.63. The van der Waals surface area contributed by atoms with Crippen molar-refractivity contribution in [3.05, 3.63) is 89.3 Å². The summed E-state index contributed by atoms with van der Waals surface area (Å²) in [7, 11) is 0. The highest BCUT2D eigenvalue weighted by molar-refractivity contribution is 6.02. The minimum Gasteiger partial charge on any atom is -0.248 e. The second-order valence-corrected chi connectivity index (χ2v) is 5.99. The van der Waals surface area contributed by atoms with Crippen LogP contribution in [0.4, 0.5) is 28.9 Å². The summed E-state index contributed by atoms with van der Waals surface area (Å²) in [5.41, 5.74) is 1.71. The Labute approximate surface area is 159 Å². The highest BCUT2D eigenvalue weighted by Crippen LogP contribution is 2.21. The van der Waals surface area contributed by atoms with E-state index < -0.39 is 23.3 Å². The molecule has 142 valence electrons. The van der Waals surface area contributed by atoms with E-state index in [9.17, 15) is 17.6 Å². The van der Waals surface area contributed by atoms with Crippen molar-refractivity contribution in [3.63, 3.8) is 0 Å². The van der Waals surface area contributed by atoms with Crippen molar-refractivity contribution in [2.75, 3.05) is 0 Å². The maximum absolute atomic E-state index is 13.8. The minimum atomic E-state index is -0.778. The molecule has 0 amide bonds. The van der Waals surface area contributed by atoms with E-state index in [0.29, 0.717) is 22.8 Å². The average molecular weight is 385 g/mol. The lowest BCUT2D eigenvalue weighted by atomic mass is 10.2. The van der Waals surface area contributed by atoms with Gasteiger partial charge in [0.25, 0.3) is 0 Å². The van der Waals surface area contributed by atoms with Crippen molar-refractivity contribution in [2.24, 2.45) is 9.98 Å². The Morgan fingerprint density at radius 2 is 1.11 bits per heavy atom. The molecule has 0 aliphatic heterocycles. The molecule has 1 aromatic heterocycles. The van der Waals surface area contributed by atoms with Crippen molar-refractivity contribution in [3.8, 4) is 0 Å². The molecule has 0 atom stereocenters. The molecular formula is C21H15F4N3. The molecule has 0 aliphatic rings. The minimum absolute atomic E-state index is 0.00937. The summed E-state index contributed by atoms with van der Waals surface area (Å²) >= 11 is 0. The van der Waals surface area contributed by atoms with E-state index in [0.717, 1.165) is 24.3 Å². The molecule has 0 spiro atoms. The smallest absolute Gasteiger partial charge is 0.151 e. The molecule has 0 fully saturated rings. The fourth-order valence-electron chi connectivity index (χ4n) is 2.46. The summed E-state index contributed by atoms with van der Waals surface area (Å²) in [4.78, 5) is 12.7. The third-order valence-electron chi connectivity index (χ3n) is 3.89. The lowest BCUT2D eigenvalue weighted by Crippen LogP contribution is -2.05. The summed E-state index contributed by atoms with van der Waals surface area (Å²) < 4.78 is 53.6. The van der Waals surface area contributed by atoms with Gasteiger partial charge < -0.3 is 0 Å². The predicted octanol–water partition coefficient (Wildman–Crippen LogP) is 5.92. The Bertz CT molecular complexity index is 1010. The summed E-state index contributed by atoms with van der Waals surface area (Å²) in [5.74, 6) is -2.93. The van der Waals surface area contributed by atoms with Crippen molar-refractivity contribution >= 4 is 22.8 Å². The first kappa shape index (κ1) is 19.4. The Hall–Kier alpha value is -3.35. The number of aliphatic imine (C=N–C) groups is 2. The van der Waals surface area contributed by atoms with Gasteiger partial charge in [-0.25, -0.2) is 32.5 Å². The molecule has 0 radical (unpaired) electrons. The Balaban J connectivity index is 1.93. The van der Waals surface area contributed by atoms with E-state index >= 15 is 0 Å².